The highest BCUT2D eigenvalue weighted by atomic mass is 35.5. The van der Waals surface area contributed by atoms with E-state index in [9.17, 15) is 18.3 Å². The smallest absolute Gasteiger partial charge is 0.336 e. The standard InChI is InChI=1S/C22H18Cl2N2O5S/c1-3-26(4-2)32(29,30)14-5-6-18-15(10-14)16(22(27)28)11-19(25-18)20-8-12-7-13(23)9-17(24)21(12)31-20/h5-11H,3-4H2,1-2H3,(H,27,28). The molecule has 2 aromatic heterocycles. The molecule has 4 rings (SSSR count). The average Bonchev–Trinajstić information content (AvgIpc) is 3.17. The molecule has 0 atom stereocenters. The fourth-order valence-corrected chi connectivity index (χ4v) is 5.62. The summed E-state index contributed by atoms with van der Waals surface area (Å²) in [5, 5.41) is 11.4. The Morgan fingerprint density at radius 3 is 2.47 bits per heavy atom. The molecule has 0 fully saturated rings. The third-order valence-corrected chi connectivity index (χ3v) is 7.69. The Labute approximate surface area is 194 Å². The lowest BCUT2D eigenvalue weighted by atomic mass is 10.1. The summed E-state index contributed by atoms with van der Waals surface area (Å²) in [6.45, 7) is 4.09. The second kappa shape index (κ2) is 8.37. The van der Waals surface area contributed by atoms with Gasteiger partial charge in [-0.05, 0) is 42.5 Å². The van der Waals surface area contributed by atoms with Crippen molar-refractivity contribution in [1.82, 2.24) is 9.29 Å². The Kier molecular flexibility index (Phi) is 5.89. The molecule has 0 spiro atoms. The second-order valence-corrected chi connectivity index (χ2v) is 9.83. The number of carboxylic acids is 1. The highest BCUT2D eigenvalue weighted by molar-refractivity contribution is 7.89. The number of rotatable bonds is 6. The van der Waals surface area contributed by atoms with E-state index in [1.807, 2.05) is 0 Å². The number of carboxylic acid groups (broad SMARTS) is 1. The minimum atomic E-state index is -3.76. The van der Waals surface area contributed by atoms with Crippen molar-refractivity contribution in [1.29, 1.82) is 0 Å². The highest BCUT2D eigenvalue weighted by Gasteiger charge is 2.24. The lowest BCUT2D eigenvalue weighted by molar-refractivity contribution is 0.0699. The predicted molar refractivity (Wildman–Crippen MR) is 124 cm³/mol. The molecule has 2 aromatic carbocycles. The topological polar surface area (TPSA) is 101 Å². The van der Waals surface area contributed by atoms with Crippen molar-refractivity contribution in [3.63, 3.8) is 0 Å². The lowest BCUT2D eigenvalue weighted by Gasteiger charge is -2.18. The van der Waals surface area contributed by atoms with E-state index in [1.54, 1.807) is 32.0 Å². The van der Waals surface area contributed by atoms with Crippen LogP contribution in [-0.2, 0) is 10.0 Å². The fourth-order valence-electron chi connectivity index (χ4n) is 3.58. The number of aromatic nitrogens is 1. The molecular weight excluding hydrogens is 475 g/mol. The SMILES string of the molecule is CCN(CC)S(=O)(=O)c1ccc2nc(-c3cc4cc(Cl)cc(Cl)c4o3)cc(C(=O)O)c2c1. The first-order valence-electron chi connectivity index (χ1n) is 9.73. The molecular formula is C22H18Cl2N2O5S. The normalized spacial score (nSPS) is 12.2. The number of carbonyl (C=O) groups is 1. The number of pyridine rings is 1. The number of fused-ring (bicyclic) bond motifs is 2. The van der Waals surface area contributed by atoms with E-state index >= 15 is 0 Å². The first-order valence-corrected chi connectivity index (χ1v) is 11.9. The lowest BCUT2D eigenvalue weighted by Crippen LogP contribution is -2.30. The van der Waals surface area contributed by atoms with Crippen LogP contribution in [0.2, 0.25) is 10.0 Å². The van der Waals surface area contributed by atoms with Gasteiger partial charge in [-0.15, -0.1) is 0 Å². The van der Waals surface area contributed by atoms with Gasteiger partial charge in [-0.2, -0.15) is 4.31 Å². The fraction of sp³-hybridized carbons (Fsp3) is 0.182. The zero-order valence-corrected chi connectivity index (χ0v) is 19.4. The van der Waals surface area contributed by atoms with Gasteiger partial charge in [0.25, 0.3) is 0 Å². The number of aromatic carboxylic acids is 1. The van der Waals surface area contributed by atoms with Crippen molar-refractivity contribution >= 4 is 61.1 Å². The van der Waals surface area contributed by atoms with Gasteiger partial charge in [-0.1, -0.05) is 37.0 Å². The van der Waals surface area contributed by atoms with Gasteiger partial charge in [-0.3, -0.25) is 0 Å². The van der Waals surface area contributed by atoms with Gasteiger partial charge in [0.15, 0.2) is 11.3 Å². The summed E-state index contributed by atoms with van der Waals surface area (Å²) in [4.78, 5) is 16.5. The van der Waals surface area contributed by atoms with Gasteiger partial charge in [-0.25, -0.2) is 18.2 Å². The van der Waals surface area contributed by atoms with Crippen LogP contribution in [0.25, 0.3) is 33.3 Å². The van der Waals surface area contributed by atoms with Crippen molar-refractivity contribution < 1.29 is 22.7 Å². The largest absolute Gasteiger partial charge is 0.478 e. The van der Waals surface area contributed by atoms with Gasteiger partial charge in [0.1, 0.15) is 5.69 Å². The van der Waals surface area contributed by atoms with Crippen LogP contribution < -0.4 is 0 Å². The maximum absolute atomic E-state index is 12.9. The van der Waals surface area contributed by atoms with E-state index in [0.29, 0.717) is 45.4 Å². The molecule has 0 aliphatic heterocycles. The Morgan fingerprint density at radius 2 is 1.81 bits per heavy atom. The molecule has 4 aromatic rings. The van der Waals surface area contributed by atoms with Crippen molar-refractivity contribution in [3.05, 3.63) is 58.1 Å². The molecule has 0 radical (unpaired) electrons. The van der Waals surface area contributed by atoms with Crippen molar-refractivity contribution in [3.8, 4) is 11.5 Å². The maximum atomic E-state index is 12.9. The van der Waals surface area contributed by atoms with Crippen molar-refractivity contribution in [2.24, 2.45) is 0 Å². The summed E-state index contributed by atoms with van der Waals surface area (Å²) in [5.74, 6) is -0.901. The molecule has 7 nitrogen and oxygen atoms in total. The van der Waals surface area contributed by atoms with Crippen LogP contribution in [0, 0.1) is 0 Å². The number of benzene rings is 2. The third-order valence-electron chi connectivity index (χ3n) is 5.14. The van der Waals surface area contributed by atoms with Crippen LogP contribution in [0.1, 0.15) is 24.2 Å². The summed E-state index contributed by atoms with van der Waals surface area (Å²) in [6.07, 6.45) is 0. The first-order chi connectivity index (χ1) is 15.1. The third kappa shape index (κ3) is 3.84. The Morgan fingerprint density at radius 1 is 1.09 bits per heavy atom. The molecule has 166 valence electrons. The molecule has 0 saturated heterocycles. The Balaban J connectivity index is 1.91. The Bertz CT molecular complexity index is 1480. The minimum Gasteiger partial charge on any atom is -0.478 e. The van der Waals surface area contributed by atoms with E-state index in [4.69, 9.17) is 27.6 Å². The Hall–Kier alpha value is -2.65. The number of furan rings is 1. The first kappa shape index (κ1) is 22.5. The number of hydrogen-bond acceptors (Lipinski definition) is 5. The summed E-state index contributed by atoms with van der Waals surface area (Å²) in [5.41, 5.74) is 0.914. The number of hydrogen-bond donors (Lipinski definition) is 1. The van der Waals surface area contributed by atoms with Gasteiger partial charge in [0, 0.05) is 28.9 Å². The van der Waals surface area contributed by atoms with Crippen LogP contribution in [-0.4, -0.2) is 41.9 Å². The van der Waals surface area contributed by atoms with Crippen molar-refractivity contribution in [2.75, 3.05) is 13.1 Å². The van der Waals surface area contributed by atoms with Crippen LogP contribution in [0.5, 0.6) is 0 Å². The minimum absolute atomic E-state index is 0.0101. The zero-order valence-electron chi connectivity index (χ0n) is 17.1. The van der Waals surface area contributed by atoms with Gasteiger partial charge < -0.3 is 9.52 Å². The van der Waals surface area contributed by atoms with E-state index in [2.05, 4.69) is 4.98 Å². The van der Waals surface area contributed by atoms with Crippen LogP contribution >= 0.6 is 23.2 Å². The highest BCUT2D eigenvalue weighted by Crippen LogP contribution is 2.35. The molecule has 1 N–H and O–H groups in total. The summed E-state index contributed by atoms with van der Waals surface area (Å²) in [7, 11) is -3.76. The molecule has 2 heterocycles. The van der Waals surface area contributed by atoms with Crippen LogP contribution in [0.4, 0.5) is 0 Å². The molecule has 0 amide bonds. The number of nitrogens with zero attached hydrogens (tertiary/aromatic N) is 2. The number of halogens is 2. The predicted octanol–water partition coefficient (Wildman–Crippen LogP) is 5.68. The van der Waals surface area contributed by atoms with Crippen molar-refractivity contribution in [2.45, 2.75) is 18.7 Å². The monoisotopic (exact) mass is 492 g/mol. The second-order valence-electron chi connectivity index (χ2n) is 7.05. The van der Waals surface area contributed by atoms with Gasteiger partial charge in [0.05, 0.1) is 21.0 Å². The molecule has 10 heteroatoms. The van der Waals surface area contributed by atoms with Crippen LogP contribution in [0.15, 0.2) is 51.8 Å². The van der Waals surface area contributed by atoms with E-state index in [1.165, 1.54) is 28.6 Å². The molecule has 0 aliphatic carbocycles. The van der Waals surface area contributed by atoms with Gasteiger partial charge in [0.2, 0.25) is 10.0 Å². The van der Waals surface area contributed by atoms with E-state index in [0.717, 1.165) is 0 Å². The molecule has 32 heavy (non-hydrogen) atoms. The quantitative estimate of drug-likeness (QED) is 0.371. The zero-order chi connectivity index (χ0) is 23.2. The molecule has 0 saturated carbocycles. The summed E-state index contributed by atoms with van der Waals surface area (Å²) < 4.78 is 32.9. The molecule has 0 unspecified atom stereocenters. The molecule has 0 bridgehead atoms. The van der Waals surface area contributed by atoms with E-state index in [-0.39, 0.29) is 21.5 Å². The number of sulfonamides is 1. The van der Waals surface area contributed by atoms with Gasteiger partial charge >= 0.3 is 5.97 Å². The summed E-state index contributed by atoms with van der Waals surface area (Å²) >= 11 is 12.2. The summed E-state index contributed by atoms with van der Waals surface area (Å²) in [6, 6.07) is 10.5. The maximum Gasteiger partial charge on any atom is 0.336 e. The molecule has 0 aliphatic rings. The van der Waals surface area contributed by atoms with Crippen LogP contribution in [0.3, 0.4) is 0 Å². The average molecular weight is 493 g/mol. The van der Waals surface area contributed by atoms with E-state index < -0.39 is 16.0 Å².